The van der Waals surface area contributed by atoms with Crippen LogP contribution in [0.25, 0.3) is 98.8 Å². The van der Waals surface area contributed by atoms with E-state index in [1.54, 1.807) is 0 Å². The highest BCUT2D eigenvalue weighted by Gasteiger charge is 2.20. The lowest BCUT2D eigenvalue weighted by Crippen LogP contribution is -2.11. The van der Waals surface area contributed by atoms with Crippen LogP contribution in [0, 0.1) is 0 Å². The molecule has 0 saturated heterocycles. The second-order valence-electron chi connectivity index (χ2n) is 14.5. The number of furan rings is 3. The van der Waals surface area contributed by atoms with Gasteiger partial charge in [0, 0.05) is 55.3 Å². The molecule has 3 aromatic heterocycles. The summed E-state index contributed by atoms with van der Waals surface area (Å²) in [6.07, 6.45) is 0. The van der Waals surface area contributed by atoms with E-state index < -0.39 is 0 Å². The Morgan fingerprint density at radius 1 is 0.286 bits per heavy atom. The lowest BCUT2D eigenvalue weighted by atomic mass is 9.98. The van der Waals surface area contributed by atoms with Crippen molar-refractivity contribution in [1.29, 1.82) is 0 Å². The third-order valence-electron chi connectivity index (χ3n) is 11.3. The molecule has 12 aromatic rings. The van der Waals surface area contributed by atoms with E-state index in [1.165, 1.54) is 10.8 Å². The summed E-state index contributed by atoms with van der Waals surface area (Å²) in [7, 11) is 0. The van der Waals surface area contributed by atoms with Crippen molar-refractivity contribution in [3.05, 3.63) is 188 Å². The van der Waals surface area contributed by atoms with E-state index in [9.17, 15) is 0 Å². The minimum absolute atomic E-state index is 0.848. The van der Waals surface area contributed by atoms with Crippen LogP contribution in [0.15, 0.2) is 201 Å². The summed E-state index contributed by atoms with van der Waals surface area (Å²) >= 11 is 0. The second-order valence-corrected chi connectivity index (χ2v) is 14.5. The molecule has 0 radical (unpaired) electrons. The first-order valence-corrected chi connectivity index (χ1v) is 18.9. The number of fused-ring (bicyclic) bond motifs is 10. The van der Waals surface area contributed by atoms with Crippen LogP contribution >= 0.6 is 0 Å². The average molecular weight is 718 g/mol. The average Bonchev–Trinajstić information content (AvgIpc) is 3.93. The lowest BCUT2D eigenvalue weighted by Gasteiger charge is -2.28. The minimum Gasteiger partial charge on any atom is -0.456 e. The maximum atomic E-state index is 6.43. The molecule has 12 rings (SSSR count). The van der Waals surface area contributed by atoms with Gasteiger partial charge in [0.1, 0.15) is 33.5 Å². The maximum Gasteiger partial charge on any atom is 0.137 e. The summed E-state index contributed by atoms with van der Waals surface area (Å²) < 4.78 is 19.1. The number of para-hydroxylation sites is 3. The molecule has 0 spiro atoms. The zero-order valence-corrected chi connectivity index (χ0v) is 30.1. The fourth-order valence-electron chi connectivity index (χ4n) is 8.53. The number of hydrogen-bond donors (Lipinski definition) is 0. The third kappa shape index (κ3) is 4.79. The molecule has 9 aromatic carbocycles. The molecular formula is C52H31NO3. The predicted molar refractivity (Wildman–Crippen MR) is 231 cm³/mol. The van der Waals surface area contributed by atoms with Gasteiger partial charge in [-0.05, 0) is 106 Å². The highest BCUT2D eigenvalue weighted by molar-refractivity contribution is 6.12. The van der Waals surface area contributed by atoms with Gasteiger partial charge >= 0.3 is 0 Å². The lowest BCUT2D eigenvalue weighted by molar-refractivity contribution is 0.668. The highest BCUT2D eigenvalue weighted by Crippen LogP contribution is 2.44. The Labute approximate surface area is 321 Å². The van der Waals surface area contributed by atoms with Gasteiger partial charge in [0.15, 0.2) is 0 Å². The first-order valence-electron chi connectivity index (χ1n) is 18.9. The van der Waals surface area contributed by atoms with Gasteiger partial charge in [-0.2, -0.15) is 0 Å². The quantitative estimate of drug-likeness (QED) is 0.178. The molecule has 0 bridgehead atoms. The van der Waals surface area contributed by atoms with Crippen LogP contribution in [-0.2, 0) is 0 Å². The Bertz CT molecular complexity index is 3490. The zero-order chi connectivity index (χ0) is 36.7. The number of nitrogens with zero attached hydrogens (tertiary/aromatic N) is 1. The summed E-state index contributed by atoms with van der Waals surface area (Å²) in [5, 5.41) is 9.04. The van der Waals surface area contributed by atoms with E-state index >= 15 is 0 Å². The molecule has 0 aliphatic carbocycles. The number of rotatable bonds is 5. The fraction of sp³-hybridized carbons (Fsp3) is 0. The number of benzene rings is 9. The normalized spacial score (nSPS) is 11.9. The molecule has 4 nitrogen and oxygen atoms in total. The van der Waals surface area contributed by atoms with Gasteiger partial charge in [-0.25, -0.2) is 0 Å². The van der Waals surface area contributed by atoms with Crippen LogP contribution in [-0.4, -0.2) is 0 Å². The monoisotopic (exact) mass is 717 g/mol. The summed E-state index contributed by atoms with van der Waals surface area (Å²) in [6, 6.07) is 66.3. The van der Waals surface area contributed by atoms with Crippen LogP contribution in [0.1, 0.15) is 0 Å². The molecule has 0 amide bonds. The van der Waals surface area contributed by atoms with Crippen molar-refractivity contribution in [2.45, 2.75) is 0 Å². The Morgan fingerprint density at radius 3 is 1.57 bits per heavy atom. The predicted octanol–water partition coefficient (Wildman–Crippen LogP) is 15.3. The van der Waals surface area contributed by atoms with E-state index in [1.807, 2.05) is 24.3 Å². The molecular weight excluding hydrogens is 687 g/mol. The molecule has 0 aliphatic rings. The van der Waals surface area contributed by atoms with Crippen molar-refractivity contribution in [1.82, 2.24) is 0 Å². The summed E-state index contributed by atoms with van der Waals surface area (Å²) in [6.45, 7) is 0. The van der Waals surface area contributed by atoms with Crippen molar-refractivity contribution in [2.75, 3.05) is 4.90 Å². The molecule has 56 heavy (non-hydrogen) atoms. The molecule has 0 N–H and O–H groups in total. The van der Waals surface area contributed by atoms with Gasteiger partial charge in [-0.15, -0.1) is 0 Å². The first kappa shape index (κ1) is 30.9. The van der Waals surface area contributed by atoms with Gasteiger partial charge < -0.3 is 18.2 Å². The number of anilines is 3. The maximum absolute atomic E-state index is 6.43. The van der Waals surface area contributed by atoms with Crippen molar-refractivity contribution in [3.8, 4) is 22.3 Å². The molecule has 0 unspecified atom stereocenters. The van der Waals surface area contributed by atoms with Crippen molar-refractivity contribution < 1.29 is 13.3 Å². The Morgan fingerprint density at radius 2 is 0.804 bits per heavy atom. The zero-order valence-electron chi connectivity index (χ0n) is 30.1. The SMILES string of the molecule is c1ccc(N(c2ccc(-c3ccc4c(c3)oc3ccccc34)cc2)c2ccc3c(c2)oc2ccccc23)c(-c2ccc3oc4cc5ccccc5cc4c3c2)c1. The van der Waals surface area contributed by atoms with E-state index in [-0.39, 0.29) is 0 Å². The largest absolute Gasteiger partial charge is 0.456 e. The van der Waals surface area contributed by atoms with E-state index in [0.29, 0.717) is 0 Å². The molecule has 0 saturated carbocycles. The second kappa shape index (κ2) is 12.0. The van der Waals surface area contributed by atoms with Crippen LogP contribution in [0.2, 0.25) is 0 Å². The van der Waals surface area contributed by atoms with Crippen molar-refractivity contribution >= 4 is 93.7 Å². The topological polar surface area (TPSA) is 42.7 Å². The molecule has 0 aliphatic heterocycles. The van der Waals surface area contributed by atoms with Gasteiger partial charge in [0.05, 0.1) is 5.69 Å². The van der Waals surface area contributed by atoms with Gasteiger partial charge in [-0.3, -0.25) is 0 Å². The minimum atomic E-state index is 0.848. The van der Waals surface area contributed by atoms with E-state index in [2.05, 4.69) is 169 Å². The standard InChI is InChI=1S/C52H31NO3/c1-2-10-34-29-51-45(27-33(34)9-1)44-28-36(20-26-49(44)56-51)39-11-3-6-14-46(39)53(38-23-25-43-41-13-5-8-16-48(41)55-52(43)31-38)37-21-17-32(18-22-37)35-19-24-42-40-12-4-7-15-47(40)54-50(42)30-35/h1-31H. The number of hydrogen-bond acceptors (Lipinski definition) is 4. The molecule has 4 heteroatoms. The Hall–Kier alpha value is -7.56. The van der Waals surface area contributed by atoms with Gasteiger partial charge in [-0.1, -0.05) is 103 Å². The first-order chi connectivity index (χ1) is 27.7. The Kier molecular flexibility index (Phi) is 6.60. The molecule has 0 fully saturated rings. The molecule has 0 atom stereocenters. The summed E-state index contributed by atoms with van der Waals surface area (Å²) in [5.41, 5.74) is 12.8. The summed E-state index contributed by atoms with van der Waals surface area (Å²) in [5.74, 6) is 0. The van der Waals surface area contributed by atoms with Crippen LogP contribution in [0.4, 0.5) is 17.1 Å². The highest BCUT2D eigenvalue weighted by atomic mass is 16.3. The summed E-state index contributed by atoms with van der Waals surface area (Å²) in [4.78, 5) is 2.33. The molecule has 262 valence electrons. The van der Waals surface area contributed by atoms with Gasteiger partial charge in [0.25, 0.3) is 0 Å². The smallest absolute Gasteiger partial charge is 0.137 e. The van der Waals surface area contributed by atoms with Crippen LogP contribution in [0.3, 0.4) is 0 Å². The third-order valence-corrected chi connectivity index (χ3v) is 11.3. The van der Waals surface area contributed by atoms with E-state index in [4.69, 9.17) is 13.3 Å². The van der Waals surface area contributed by atoms with Crippen LogP contribution < -0.4 is 4.90 Å². The fourth-order valence-corrected chi connectivity index (χ4v) is 8.53. The van der Waals surface area contributed by atoms with Crippen molar-refractivity contribution in [2.24, 2.45) is 0 Å². The van der Waals surface area contributed by atoms with Crippen LogP contribution in [0.5, 0.6) is 0 Å². The van der Waals surface area contributed by atoms with Crippen molar-refractivity contribution in [3.63, 3.8) is 0 Å². The van der Waals surface area contributed by atoms with E-state index in [0.717, 1.165) is 105 Å². The Balaban J connectivity index is 1.01. The molecule has 3 heterocycles. The van der Waals surface area contributed by atoms with Gasteiger partial charge in [0.2, 0.25) is 0 Å².